The quantitative estimate of drug-likeness (QED) is 0.757. The van der Waals surface area contributed by atoms with E-state index < -0.39 is 5.82 Å². The first-order chi connectivity index (χ1) is 11.0. The molecule has 1 aliphatic rings. The average molecular weight is 396 g/mol. The number of benzene rings is 1. The number of rotatable bonds is 1. The number of amides is 2. The Balaban J connectivity index is 1.90. The second-order valence-electron chi connectivity index (χ2n) is 5.29. The van der Waals surface area contributed by atoms with Crippen LogP contribution >= 0.6 is 27.7 Å². The van der Waals surface area contributed by atoms with Crippen LogP contribution in [-0.4, -0.2) is 23.3 Å². The predicted octanol–water partition coefficient (Wildman–Crippen LogP) is 4.74. The Hall–Kier alpha value is -1.60. The molecule has 23 heavy (non-hydrogen) atoms. The molecule has 3 rings (SSSR count). The van der Waals surface area contributed by atoms with Crippen LogP contribution in [0.25, 0.3) is 0 Å². The van der Waals surface area contributed by atoms with Crippen molar-refractivity contribution in [2.75, 3.05) is 22.5 Å². The number of hydrogen-bond donors (Lipinski definition) is 1. The highest BCUT2D eigenvalue weighted by atomic mass is 79.9. The summed E-state index contributed by atoms with van der Waals surface area (Å²) in [5, 5.41) is 3.49. The lowest BCUT2D eigenvalue weighted by Crippen LogP contribution is -2.39. The highest BCUT2D eigenvalue weighted by molar-refractivity contribution is 9.10. The normalized spacial score (nSPS) is 13.7. The molecule has 2 heterocycles. The van der Waals surface area contributed by atoms with Gasteiger partial charge in [-0.1, -0.05) is 15.9 Å². The zero-order valence-electron chi connectivity index (χ0n) is 12.7. The van der Waals surface area contributed by atoms with E-state index in [0.29, 0.717) is 11.0 Å². The van der Waals surface area contributed by atoms with Gasteiger partial charge < -0.3 is 5.32 Å². The largest absolute Gasteiger partial charge is 0.326 e. The molecule has 0 fully saturated rings. The van der Waals surface area contributed by atoms with Crippen molar-refractivity contribution >= 4 is 45.1 Å². The minimum atomic E-state index is -0.474. The summed E-state index contributed by atoms with van der Waals surface area (Å²) in [6, 6.07) is 6.16. The molecule has 0 spiro atoms. The van der Waals surface area contributed by atoms with Crippen LogP contribution in [-0.2, 0) is 0 Å². The Morgan fingerprint density at radius 3 is 2.91 bits per heavy atom. The number of thioether (sulfide) groups is 1. The summed E-state index contributed by atoms with van der Waals surface area (Å²) in [4.78, 5) is 18.7. The first kappa shape index (κ1) is 16.3. The summed E-state index contributed by atoms with van der Waals surface area (Å²) in [7, 11) is 0. The maximum atomic E-state index is 13.9. The summed E-state index contributed by atoms with van der Waals surface area (Å²) in [5.74, 6) is 0.289. The summed E-state index contributed by atoms with van der Waals surface area (Å²) in [6.07, 6.45) is 0. The molecule has 0 radical (unpaired) electrons. The van der Waals surface area contributed by atoms with Crippen LogP contribution in [0.15, 0.2) is 33.8 Å². The highest BCUT2D eigenvalue weighted by Crippen LogP contribution is 2.36. The van der Waals surface area contributed by atoms with Crippen LogP contribution in [0, 0.1) is 19.7 Å². The first-order valence-corrected chi connectivity index (χ1v) is 8.88. The lowest BCUT2D eigenvalue weighted by Gasteiger charge is -2.30. The molecule has 0 saturated carbocycles. The third-order valence-electron chi connectivity index (χ3n) is 3.52. The topological polar surface area (TPSA) is 45.2 Å². The zero-order valence-corrected chi connectivity index (χ0v) is 15.1. The number of halogens is 2. The molecular formula is C16H15BrFN3OS. The Bertz CT molecular complexity index is 784. The number of aromatic nitrogens is 1. The number of urea groups is 1. The number of pyridine rings is 1. The van der Waals surface area contributed by atoms with E-state index in [1.807, 2.05) is 19.9 Å². The standard InChI is InChI=1S/C16H15BrFN3OS/c1-9-7-10(2)19-15-14(9)21(5-6-23-15)16(22)20-13-4-3-11(17)8-12(13)18/h3-4,7-8H,5-6H2,1-2H3,(H,20,22). The highest BCUT2D eigenvalue weighted by Gasteiger charge is 2.26. The van der Waals surface area contributed by atoms with Crippen molar-refractivity contribution in [1.82, 2.24) is 4.98 Å². The van der Waals surface area contributed by atoms with Gasteiger partial charge in [-0.05, 0) is 43.7 Å². The first-order valence-electron chi connectivity index (χ1n) is 7.10. The van der Waals surface area contributed by atoms with Gasteiger partial charge in [0, 0.05) is 22.5 Å². The van der Waals surface area contributed by atoms with Gasteiger partial charge in [0.1, 0.15) is 10.8 Å². The average Bonchev–Trinajstić information content (AvgIpc) is 2.49. The Kier molecular flexibility index (Phi) is 4.59. The Labute approximate surface area is 146 Å². The van der Waals surface area contributed by atoms with E-state index in [-0.39, 0.29) is 11.7 Å². The summed E-state index contributed by atoms with van der Waals surface area (Å²) in [5.41, 5.74) is 2.89. The molecule has 1 N–H and O–H groups in total. The van der Waals surface area contributed by atoms with Gasteiger partial charge in [-0.25, -0.2) is 14.2 Å². The monoisotopic (exact) mass is 395 g/mol. The van der Waals surface area contributed by atoms with Crippen molar-refractivity contribution in [1.29, 1.82) is 0 Å². The predicted molar refractivity (Wildman–Crippen MR) is 94.9 cm³/mol. The van der Waals surface area contributed by atoms with Crippen LogP contribution in [0.1, 0.15) is 11.3 Å². The van der Waals surface area contributed by atoms with Gasteiger partial charge in [0.25, 0.3) is 0 Å². The van der Waals surface area contributed by atoms with Gasteiger partial charge in [0.2, 0.25) is 0 Å². The second-order valence-corrected chi connectivity index (χ2v) is 7.29. The molecule has 2 amide bonds. The molecule has 1 aromatic carbocycles. The van der Waals surface area contributed by atoms with Crippen LogP contribution in [0.4, 0.5) is 20.6 Å². The van der Waals surface area contributed by atoms with Gasteiger partial charge in [-0.15, -0.1) is 11.8 Å². The Morgan fingerprint density at radius 1 is 1.39 bits per heavy atom. The molecule has 1 aromatic heterocycles. The number of nitrogens with zero attached hydrogens (tertiary/aromatic N) is 2. The van der Waals surface area contributed by atoms with Crippen LogP contribution in [0.2, 0.25) is 0 Å². The lowest BCUT2D eigenvalue weighted by molar-refractivity contribution is 0.257. The van der Waals surface area contributed by atoms with E-state index in [4.69, 9.17) is 0 Å². The molecule has 0 bridgehead atoms. The van der Waals surface area contributed by atoms with Crippen molar-refractivity contribution in [2.45, 2.75) is 18.9 Å². The van der Waals surface area contributed by atoms with E-state index in [2.05, 4.69) is 26.2 Å². The number of anilines is 2. The molecule has 0 saturated heterocycles. The number of carbonyl (C=O) groups is 1. The third kappa shape index (κ3) is 3.35. The van der Waals surface area contributed by atoms with Gasteiger partial charge in [-0.2, -0.15) is 0 Å². The van der Waals surface area contributed by atoms with E-state index in [1.54, 1.807) is 22.7 Å². The van der Waals surface area contributed by atoms with E-state index in [0.717, 1.165) is 27.7 Å². The summed E-state index contributed by atoms with van der Waals surface area (Å²) >= 11 is 4.84. The fraction of sp³-hybridized carbons (Fsp3) is 0.250. The smallest absolute Gasteiger partial charge is 0.305 e. The molecule has 2 aromatic rings. The van der Waals surface area contributed by atoms with Gasteiger partial charge in [0.05, 0.1) is 11.4 Å². The minimum absolute atomic E-state index is 0.163. The molecular weight excluding hydrogens is 381 g/mol. The zero-order chi connectivity index (χ0) is 16.6. The maximum absolute atomic E-state index is 13.9. The fourth-order valence-corrected chi connectivity index (χ4v) is 3.96. The molecule has 7 heteroatoms. The Morgan fingerprint density at radius 2 is 2.17 bits per heavy atom. The van der Waals surface area contributed by atoms with Crippen molar-refractivity contribution in [2.24, 2.45) is 0 Å². The molecule has 0 unspecified atom stereocenters. The van der Waals surface area contributed by atoms with Gasteiger partial charge >= 0.3 is 6.03 Å². The molecule has 0 atom stereocenters. The molecule has 1 aliphatic heterocycles. The third-order valence-corrected chi connectivity index (χ3v) is 4.96. The lowest BCUT2D eigenvalue weighted by atomic mass is 10.2. The van der Waals surface area contributed by atoms with E-state index in [9.17, 15) is 9.18 Å². The SMILES string of the molecule is Cc1cc(C)c2c(n1)SCCN2C(=O)Nc1ccc(Br)cc1F. The summed E-state index contributed by atoms with van der Waals surface area (Å²) < 4.78 is 14.6. The number of carbonyl (C=O) groups excluding carboxylic acids is 1. The number of fused-ring (bicyclic) bond motifs is 1. The number of aryl methyl sites for hydroxylation is 2. The summed E-state index contributed by atoms with van der Waals surface area (Å²) in [6.45, 7) is 4.46. The van der Waals surface area contributed by atoms with Crippen molar-refractivity contribution < 1.29 is 9.18 Å². The second kappa shape index (κ2) is 6.49. The number of nitrogens with one attached hydrogen (secondary N) is 1. The molecule has 120 valence electrons. The van der Waals surface area contributed by atoms with Gasteiger partial charge in [0.15, 0.2) is 0 Å². The van der Waals surface area contributed by atoms with E-state index in [1.165, 1.54) is 12.1 Å². The van der Waals surface area contributed by atoms with Crippen LogP contribution in [0.5, 0.6) is 0 Å². The van der Waals surface area contributed by atoms with Crippen molar-refractivity contribution in [3.05, 3.63) is 45.8 Å². The minimum Gasteiger partial charge on any atom is -0.305 e. The molecule has 4 nitrogen and oxygen atoms in total. The van der Waals surface area contributed by atoms with Gasteiger partial charge in [-0.3, -0.25) is 4.90 Å². The van der Waals surface area contributed by atoms with Crippen molar-refractivity contribution in [3.8, 4) is 0 Å². The maximum Gasteiger partial charge on any atom is 0.326 e. The number of hydrogen-bond acceptors (Lipinski definition) is 3. The molecule has 0 aliphatic carbocycles. The van der Waals surface area contributed by atoms with Crippen LogP contribution < -0.4 is 10.2 Å². The van der Waals surface area contributed by atoms with E-state index >= 15 is 0 Å². The fourth-order valence-electron chi connectivity index (χ4n) is 2.55. The van der Waals surface area contributed by atoms with Crippen LogP contribution in [0.3, 0.4) is 0 Å². The van der Waals surface area contributed by atoms with Crippen molar-refractivity contribution in [3.63, 3.8) is 0 Å².